The normalized spacial score (nSPS) is 14.2. The maximum atomic E-state index is 13.9. The molecule has 1 amide bonds. The molecular formula is C32H34N6O2S. The number of carbonyl (C=O) groups excluding carboxylic acids is 1. The molecule has 41 heavy (non-hydrogen) atoms. The minimum atomic E-state index is -0.185. The van der Waals surface area contributed by atoms with E-state index in [2.05, 4.69) is 49.1 Å². The summed E-state index contributed by atoms with van der Waals surface area (Å²) in [5.41, 5.74) is 7.72. The van der Waals surface area contributed by atoms with Crippen molar-refractivity contribution in [2.75, 3.05) is 26.2 Å². The molecule has 4 heterocycles. The molecule has 0 radical (unpaired) electrons. The molecule has 5 aromatic rings. The summed E-state index contributed by atoms with van der Waals surface area (Å²) in [6.07, 6.45) is 0.165. The minimum Gasteiger partial charge on any atom is -0.340 e. The molecule has 1 fully saturated rings. The molecule has 210 valence electrons. The zero-order valence-corrected chi connectivity index (χ0v) is 24.7. The number of nitrogens with zero attached hydrogens (tertiary/aromatic N) is 6. The van der Waals surface area contributed by atoms with Gasteiger partial charge in [0, 0.05) is 49.5 Å². The Labute approximate surface area is 243 Å². The zero-order valence-electron chi connectivity index (χ0n) is 23.9. The predicted molar refractivity (Wildman–Crippen MR) is 163 cm³/mol. The third-order valence-electron chi connectivity index (χ3n) is 8.08. The third-order valence-corrected chi connectivity index (χ3v) is 8.95. The van der Waals surface area contributed by atoms with Gasteiger partial charge in [-0.3, -0.25) is 18.9 Å². The second kappa shape index (κ2) is 11.1. The number of piperazine rings is 1. The molecule has 0 atom stereocenters. The Hall–Kier alpha value is -4.08. The number of aryl methyl sites for hydroxylation is 3. The summed E-state index contributed by atoms with van der Waals surface area (Å²) in [7, 11) is 0. The molecule has 0 bridgehead atoms. The highest BCUT2D eigenvalue weighted by molar-refractivity contribution is 7.15. The first-order valence-corrected chi connectivity index (χ1v) is 14.9. The summed E-state index contributed by atoms with van der Waals surface area (Å²) in [6, 6.07) is 18.5. The number of rotatable bonds is 6. The first-order valence-electron chi connectivity index (χ1n) is 14.0. The molecule has 1 aliphatic rings. The van der Waals surface area contributed by atoms with Crippen molar-refractivity contribution in [1.29, 1.82) is 0 Å². The van der Waals surface area contributed by atoms with Gasteiger partial charge in [0.1, 0.15) is 5.69 Å². The lowest BCUT2D eigenvalue weighted by molar-refractivity contribution is -0.132. The topological polar surface area (TPSA) is 75.7 Å². The van der Waals surface area contributed by atoms with E-state index in [0.29, 0.717) is 40.7 Å². The van der Waals surface area contributed by atoms with E-state index in [1.165, 1.54) is 22.5 Å². The van der Waals surface area contributed by atoms with Crippen molar-refractivity contribution in [2.24, 2.45) is 0 Å². The van der Waals surface area contributed by atoms with Crippen LogP contribution >= 0.6 is 11.3 Å². The van der Waals surface area contributed by atoms with E-state index in [9.17, 15) is 9.59 Å². The van der Waals surface area contributed by atoms with Crippen molar-refractivity contribution in [3.8, 4) is 16.9 Å². The second-order valence-corrected chi connectivity index (χ2v) is 11.7. The summed E-state index contributed by atoms with van der Waals surface area (Å²) in [5, 5.41) is 6.74. The molecule has 9 heteroatoms. The lowest BCUT2D eigenvalue weighted by Crippen LogP contribution is -2.48. The van der Waals surface area contributed by atoms with Crippen LogP contribution in [0.15, 0.2) is 64.8 Å². The van der Waals surface area contributed by atoms with Crippen molar-refractivity contribution in [1.82, 2.24) is 29.0 Å². The molecule has 3 aromatic heterocycles. The van der Waals surface area contributed by atoms with Gasteiger partial charge in [0.05, 0.1) is 23.4 Å². The monoisotopic (exact) mass is 566 g/mol. The van der Waals surface area contributed by atoms with Gasteiger partial charge in [0.15, 0.2) is 4.96 Å². The Bertz CT molecular complexity index is 1790. The van der Waals surface area contributed by atoms with Crippen molar-refractivity contribution in [2.45, 2.75) is 40.7 Å². The summed E-state index contributed by atoms with van der Waals surface area (Å²) >= 11 is 1.39. The molecule has 0 unspecified atom stereocenters. The quantitative estimate of drug-likeness (QED) is 0.297. The van der Waals surface area contributed by atoms with Crippen LogP contribution in [0.2, 0.25) is 0 Å². The van der Waals surface area contributed by atoms with Gasteiger partial charge >= 0.3 is 0 Å². The van der Waals surface area contributed by atoms with E-state index in [4.69, 9.17) is 10.1 Å². The SMILES string of the molecule is Cc1cccc(-n2nc(-c3c(C)nc4scc(CC(=O)N5CCN(Cc6ccccc6)CC5)n4c3=O)cc2C)c1C. The van der Waals surface area contributed by atoms with Gasteiger partial charge in [-0.15, -0.1) is 11.3 Å². The average Bonchev–Trinajstić information content (AvgIpc) is 3.54. The number of aromatic nitrogens is 4. The van der Waals surface area contributed by atoms with Gasteiger partial charge in [0.2, 0.25) is 5.91 Å². The van der Waals surface area contributed by atoms with E-state index in [0.717, 1.165) is 36.6 Å². The minimum absolute atomic E-state index is 0.0353. The molecular weight excluding hydrogens is 532 g/mol. The standard InChI is InChI=1S/C32H34N6O2S/c1-21-9-8-12-28(23(21)3)38-22(2)17-27(34-38)30-24(4)33-32-37(31(30)40)26(20-41-32)18-29(39)36-15-13-35(14-16-36)19-25-10-6-5-7-11-25/h5-12,17,20H,13-16,18-19H2,1-4H3. The van der Waals surface area contributed by atoms with Gasteiger partial charge in [0.25, 0.3) is 5.56 Å². The van der Waals surface area contributed by atoms with Gasteiger partial charge in [-0.1, -0.05) is 42.5 Å². The number of hydrogen-bond acceptors (Lipinski definition) is 6. The average molecular weight is 567 g/mol. The zero-order chi connectivity index (χ0) is 28.7. The van der Waals surface area contributed by atoms with Crippen molar-refractivity contribution >= 4 is 22.2 Å². The largest absolute Gasteiger partial charge is 0.340 e. The fourth-order valence-electron chi connectivity index (χ4n) is 5.59. The maximum Gasteiger partial charge on any atom is 0.268 e. The molecule has 1 saturated heterocycles. The van der Waals surface area contributed by atoms with Crippen LogP contribution in [-0.4, -0.2) is 61.1 Å². The van der Waals surface area contributed by atoms with Crippen molar-refractivity contribution in [3.63, 3.8) is 0 Å². The highest BCUT2D eigenvalue weighted by Gasteiger charge is 2.24. The van der Waals surface area contributed by atoms with Gasteiger partial charge in [-0.05, 0) is 56.5 Å². The van der Waals surface area contributed by atoms with Crippen molar-refractivity contribution in [3.05, 3.63) is 104 Å². The number of fused-ring (bicyclic) bond motifs is 1. The Kier molecular flexibility index (Phi) is 7.32. The van der Waals surface area contributed by atoms with Crippen LogP contribution < -0.4 is 5.56 Å². The summed E-state index contributed by atoms with van der Waals surface area (Å²) in [5.74, 6) is 0.0353. The van der Waals surface area contributed by atoms with Crippen LogP contribution in [0.1, 0.15) is 33.8 Å². The molecule has 1 aliphatic heterocycles. The van der Waals surface area contributed by atoms with E-state index in [1.807, 2.05) is 53.1 Å². The van der Waals surface area contributed by atoms with E-state index in [1.54, 1.807) is 4.40 Å². The van der Waals surface area contributed by atoms with Crippen LogP contribution in [-0.2, 0) is 17.8 Å². The summed E-state index contributed by atoms with van der Waals surface area (Å²) in [4.78, 5) is 36.9. The van der Waals surface area contributed by atoms with E-state index < -0.39 is 0 Å². The van der Waals surface area contributed by atoms with Crippen LogP contribution in [0, 0.1) is 27.7 Å². The highest BCUT2D eigenvalue weighted by atomic mass is 32.1. The molecule has 0 saturated carbocycles. The van der Waals surface area contributed by atoms with Crippen molar-refractivity contribution < 1.29 is 4.79 Å². The number of carbonyl (C=O) groups is 1. The molecule has 2 aromatic carbocycles. The molecule has 0 N–H and O–H groups in total. The van der Waals surface area contributed by atoms with Gasteiger partial charge in [-0.2, -0.15) is 5.10 Å². The van der Waals surface area contributed by atoms with Crippen LogP contribution in [0.25, 0.3) is 21.9 Å². The van der Waals surface area contributed by atoms with Gasteiger partial charge in [-0.25, -0.2) is 9.67 Å². The number of thiazole rings is 1. The maximum absolute atomic E-state index is 13.9. The molecule has 0 spiro atoms. The molecule has 6 rings (SSSR count). The highest BCUT2D eigenvalue weighted by Crippen LogP contribution is 2.25. The van der Waals surface area contributed by atoms with Gasteiger partial charge < -0.3 is 4.90 Å². The lowest BCUT2D eigenvalue weighted by atomic mass is 10.1. The third kappa shape index (κ3) is 5.23. The van der Waals surface area contributed by atoms with Crippen LogP contribution in [0.5, 0.6) is 0 Å². The molecule has 8 nitrogen and oxygen atoms in total. The Morgan fingerprint density at radius 1 is 0.951 bits per heavy atom. The number of amides is 1. The molecule has 0 aliphatic carbocycles. The van der Waals surface area contributed by atoms with E-state index >= 15 is 0 Å². The Morgan fingerprint density at radius 3 is 2.46 bits per heavy atom. The summed E-state index contributed by atoms with van der Waals surface area (Å²) in [6.45, 7) is 11.9. The summed E-state index contributed by atoms with van der Waals surface area (Å²) < 4.78 is 3.49. The predicted octanol–water partition coefficient (Wildman–Crippen LogP) is 4.73. The van der Waals surface area contributed by atoms with E-state index in [-0.39, 0.29) is 17.9 Å². The smallest absolute Gasteiger partial charge is 0.268 e. The van der Waals surface area contributed by atoms with Crippen LogP contribution in [0.3, 0.4) is 0 Å². The Balaban J connectivity index is 1.24. The Morgan fingerprint density at radius 2 is 1.71 bits per heavy atom. The number of hydrogen-bond donors (Lipinski definition) is 0. The first kappa shape index (κ1) is 27.1. The second-order valence-electron chi connectivity index (χ2n) is 10.8. The fraction of sp³-hybridized carbons (Fsp3) is 0.312. The first-order chi connectivity index (χ1) is 19.8. The number of benzene rings is 2. The fourth-order valence-corrected chi connectivity index (χ4v) is 6.52. The lowest BCUT2D eigenvalue weighted by Gasteiger charge is -2.34. The van der Waals surface area contributed by atoms with Crippen LogP contribution in [0.4, 0.5) is 0 Å².